The molecule has 4 heteroatoms. The Balaban J connectivity index is 2.18. The van der Waals surface area contributed by atoms with E-state index in [0.29, 0.717) is 6.61 Å². The van der Waals surface area contributed by atoms with Crippen molar-refractivity contribution in [3.63, 3.8) is 0 Å². The fourth-order valence-corrected chi connectivity index (χ4v) is 2.89. The van der Waals surface area contributed by atoms with Crippen molar-refractivity contribution < 1.29 is 4.74 Å². The third kappa shape index (κ3) is 3.67. The normalized spacial score (nSPS) is 10.9. The number of rotatable bonds is 6. The molecule has 0 radical (unpaired) electrons. The summed E-state index contributed by atoms with van der Waals surface area (Å²) < 4.78 is 8.10. The van der Waals surface area contributed by atoms with Crippen molar-refractivity contribution in [3.05, 3.63) is 46.3 Å². The molecule has 0 fully saturated rings. The Hall–Kier alpha value is -1.29. The van der Waals surface area contributed by atoms with Crippen LogP contribution in [-0.2, 0) is 24.9 Å². The smallest absolute Gasteiger partial charge is 0.130 e. The molecule has 0 N–H and O–H groups in total. The highest BCUT2D eigenvalue weighted by atomic mass is 79.9. The number of ether oxygens (including phenoxy) is 1. The highest BCUT2D eigenvalue weighted by Crippen LogP contribution is 2.26. The quantitative estimate of drug-likeness (QED) is 0.714. The second kappa shape index (κ2) is 7.12. The van der Waals surface area contributed by atoms with Gasteiger partial charge in [0.15, 0.2) is 0 Å². The standard InChI is InChI=1S/C17H23BrN2O/c1-5-15-9-16(20(6-2)19-15)11-21-17-12(3)7-14(10-18)8-13(17)4/h7-9H,5-6,10-11H2,1-4H3. The van der Waals surface area contributed by atoms with Gasteiger partial charge in [0.25, 0.3) is 0 Å². The van der Waals surface area contributed by atoms with Gasteiger partial charge >= 0.3 is 0 Å². The van der Waals surface area contributed by atoms with Gasteiger partial charge in [-0.25, -0.2) is 0 Å². The first-order valence-electron chi connectivity index (χ1n) is 7.43. The van der Waals surface area contributed by atoms with Crippen LogP contribution in [0.1, 0.15) is 41.9 Å². The van der Waals surface area contributed by atoms with Crippen molar-refractivity contribution in [2.75, 3.05) is 0 Å². The van der Waals surface area contributed by atoms with Crippen LogP contribution in [0.4, 0.5) is 0 Å². The summed E-state index contributed by atoms with van der Waals surface area (Å²) in [4.78, 5) is 0. The lowest BCUT2D eigenvalue weighted by molar-refractivity contribution is 0.288. The number of hydrogen-bond acceptors (Lipinski definition) is 2. The molecule has 0 spiro atoms. The van der Waals surface area contributed by atoms with Crippen LogP contribution in [0, 0.1) is 13.8 Å². The number of benzene rings is 1. The van der Waals surface area contributed by atoms with E-state index in [-0.39, 0.29) is 0 Å². The topological polar surface area (TPSA) is 27.1 Å². The maximum absolute atomic E-state index is 6.08. The summed E-state index contributed by atoms with van der Waals surface area (Å²) in [5.41, 5.74) is 5.91. The molecule has 0 aliphatic carbocycles. The van der Waals surface area contributed by atoms with Crippen LogP contribution >= 0.6 is 15.9 Å². The summed E-state index contributed by atoms with van der Waals surface area (Å²) in [6.45, 7) is 9.87. The maximum Gasteiger partial charge on any atom is 0.130 e. The molecule has 0 aliphatic heterocycles. The minimum atomic E-state index is 0.566. The molecule has 0 amide bonds. The number of hydrogen-bond donors (Lipinski definition) is 0. The first-order valence-corrected chi connectivity index (χ1v) is 8.55. The van der Waals surface area contributed by atoms with Gasteiger partial charge in [-0.1, -0.05) is 35.0 Å². The fourth-order valence-electron chi connectivity index (χ4n) is 2.57. The minimum absolute atomic E-state index is 0.566. The van der Waals surface area contributed by atoms with Crippen molar-refractivity contribution in [2.24, 2.45) is 0 Å². The number of aromatic nitrogens is 2. The Bertz CT molecular complexity index is 596. The van der Waals surface area contributed by atoms with Gasteiger partial charge in [0, 0.05) is 11.9 Å². The van der Waals surface area contributed by atoms with Gasteiger partial charge in [-0.05, 0) is 49.9 Å². The van der Waals surface area contributed by atoms with Gasteiger partial charge in [0.05, 0.1) is 11.4 Å². The van der Waals surface area contributed by atoms with Crippen LogP contribution in [0.25, 0.3) is 0 Å². The second-order valence-electron chi connectivity index (χ2n) is 5.28. The molecule has 1 heterocycles. The molecule has 0 saturated carbocycles. The Morgan fingerprint density at radius 3 is 2.33 bits per heavy atom. The van der Waals surface area contributed by atoms with Crippen molar-refractivity contribution in [1.29, 1.82) is 0 Å². The highest BCUT2D eigenvalue weighted by Gasteiger charge is 2.10. The molecule has 21 heavy (non-hydrogen) atoms. The molecule has 0 atom stereocenters. The summed E-state index contributed by atoms with van der Waals surface area (Å²) in [6, 6.07) is 6.48. The molecular formula is C17H23BrN2O. The van der Waals surface area contributed by atoms with Crippen molar-refractivity contribution in [2.45, 2.75) is 52.6 Å². The highest BCUT2D eigenvalue weighted by molar-refractivity contribution is 9.08. The van der Waals surface area contributed by atoms with E-state index in [2.05, 4.69) is 66.9 Å². The maximum atomic E-state index is 6.08. The molecule has 0 saturated heterocycles. The molecule has 2 rings (SSSR count). The third-order valence-electron chi connectivity index (χ3n) is 3.61. The van der Waals surface area contributed by atoms with Crippen molar-refractivity contribution in [3.8, 4) is 5.75 Å². The van der Waals surface area contributed by atoms with E-state index in [1.807, 2.05) is 4.68 Å². The summed E-state index contributed by atoms with van der Waals surface area (Å²) >= 11 is 3.50. The summed E-state index contributed by atoms with van der Waals surface area (Å²) in [5.74, 6) is 0.988. The Labute approximate surface area is 135 Å². The van der Waals surface area contributed by atoms with E-state index in [1.165, 1.54) is 16.7 Å². The number of halogens is 1. The SMILES string of the molecule is CCc1cc(COc2c(C)cc(CBr)cc2C)n(CC)n1. The minimum Gasteiger partial charge on any atom is -0.487 e. The lowest BCUT2D eigenvalue weighted by Gasteiger charge is -2.14. The average Bonchev–Trinajstić information content (AvgIpc) is 2.88. The first-order chi connectivity index (χ1) is 10.1. The number of aryl methyl sites for hydroxylation is 4. The van der Waals surface area contributed by atoms with Gasteiger partial charge < -0.3 is 4.74 Å². The third-order valence-corrected chi connectivity index (χ3v) is 4.26. The zero-order chi connectivity index (χ0) is 15.4. The van der Waals surface area contributed by atoms with E-state index in [4.69, 9.17) is 4.74 Å². The summed E-state index contributed by atoms with van der Waals surface area (Å²) in [7, 11) is 0. The monoisotopic (exact) mass is 350 g/mol. The van der Waals surface area contributed by atoms with Crippen LogP contribution in [-0.4, -0.2) is 9.78 Å². The lowest BCUT2D eigenvalue weighted by atomic mass is 10.1. The van der Waals surface area contributed by atoms with E-state index in [1.54, 1.807) is 0 Å². The Kier molecular flexibility index (Phi) is 5.45. The van der Waals surface area contributed by atoms with E-state index in [9.17, 15) is 0 Å². The van der Waals surface area contributed by atoms with E-state index < -0.39 is 0 Å². The molecule has 0 bridgehead atoms. The summed E-state index contributed by atoms with van der Waals surface area (Å²) in [6.07, 6.45) is 0.956. The predicted octanol–water partition coefficient (Wildman–Crippen LogP) is 4.56. The molecular weight excluding hydrogens is 328 g/mol. The van der Waals surface area contributed by atoms with Crippen LogP contribution < -0.4 is 4.74 Å². The Morgan fingerprint density at radius 1 is 1.14 bits per heavy atom. The lowest BCUT2D eigenvalue weighted by Crippen LogP contribution is -2.07. The second-order valence-corrected chi connectivity index (χ2v) is 5.84. The molecule has 3 nitrogen and oxygen atoms in total. The number of alkyl halides is 1. The van der Waals surface area contributed by atoms with E-state index in [0.717, 1.165) is 35.4 Å². The molecule has 114 valence electrons. The summed E-state index contributed by atoms with van der Waals surface area (Å²) in [5, 5.41) is 5.43. The molecule has 0 aliphatic rings. The van der Waals surface area contributed by atoms with Crippen LogP contribution in [0.2, 0.25) is 0 Å². The molecule has 0 unspecified atom stereocenters. The van der Waals surface area contributed by atoms with Gasteiger partial charge in [0.1, 0.15) is 12.4 Å². The van der Waals surface area contributed by atoms with Crippen LogP contribution in [0.15, 0.2) is 18.2 Å². The van der Waals surface area contributed by atoms with Crippen molar-refractivity contribution >= 4 is 15.9 Å². The zero-order valence-electron chi connectivity index (χ0n) is 13.2. The Morgan fingerprint density at radius 2 is 1.81 bits per heavy atom. The molecule has 1 aromatic heterocycles. The van der Waals surface area contributed by atoms with Gasteiger partial charge in [0.2, 0.25) is 0 Å². The first kappa shape index (κ1) is 16.1. The van der Waals surface area contributed by atoms with Gasteiger partial charge in [-0.2, -0.15) is 5.10 Å². The average molecular weight is 351 g/mol. The van der Waals surface area contributed by atoms with Crippen molar-refractivity contribution in [1.82, 2.24) is 9.78 Å². The van der Waals surface area contributed by atoms with Gasteiger partial charge in [-0.15, -0.1) is 0 Å². The number of nitrogens with zero attached hydrogens (tertiary/aromatic N) is 2. The molecule has 2 aromatic rings. The van der Waals surface area contributed by atoms with Gasteiger partial charge in [-0.3, -0.25) is 4.68 Å². The zero-order valence-corrected chi connectivity index (χ0v) is 14.8. The largest absolute Gasteiger partial charge is 0.487 e. The molecule has 1 aromatic carbocycles. The fraction of sp³-hybridized carbons (Fsp3) is 0.471. The van der Waals surface area contributed by atoms with Crippen LogP contribution in [0.5, 0.6) is 5.75 Å². The predicted molar refractivity (Wildman–Crippen MR) is 90.2 cm³/mol. The van der Waals surface area contributed by atoms with Crippen LogP contribution in [0.3, 0.4) is 0 Å². The van der Waals surface area contributed by atoms with E-state index >= 15 is 0 Å².